The first-order valence-electron chi connectivity index (χ1n) is 12.6. The molecule has 0 spiro atoms. The molecule has 1 aromatic rings. The predicted molar refractivity (Wildman–Crippen MR) is 151 cm³/mol. The van der Waals surface area contributed by atoms with Crippen molar-refractivity contribution in [1.82, 2.24) is 0 Å². The van der Waals surface area contributed by atoms with Crippen molar-refractivity contribution >= 4 is 17.8 Å². The maximum atomic E-state index is 4.38. The Hall–Kier alpha value is -3.32. The fourth-order valence-electron chi connectivity index (χ4n) is 5.57. The number of benzene rings is 1. The Kier molecular flexibility index (Phi) is 6.54. The molecule has 0 saturated heterocycles. The van der Waals surface area contributed by atoms with Crippen LogP contribution < -0.4 is 0 Å². The molecule has 1 aromatic carbocycles. The van der Waals surface area contributed by atoms with Gasteiger partial charge in [-0.3, -0.25) is 0 Å². The summed E-state index contributed by atoms with van der Waals surface area (Å²) in [4.78, 5) is 0. The molecule has 34 heavy (non-hydrogen) atoms. The fraction of sp³-hybridized carbons (Fsp3) is 0.212. The molecule has 2 unspecified atom stereocenters. The molecule has 0 saturated carbocycles. The lowest BCUT2D eigenvalue weighted by molar-refractivity contribution is 0.805. The smallest absolute Gasteiger partial charge is 0.0920 e. The summed E-state index contributed by atoms with van der Waals surface area (Å²) in [5.74, 6) is 1.17. The molecule has 0 fully saturated rings. The molecule has 4 aliphatic rings. The van der Waals surface area contributed by atoms with Crippen LogP contribution in [0, 0.1) is 5.92 Å². The molecule has 5 rings (SSSR count). The van der Waals surface area contributed by atoms with E-state index in [0.29, 0.717) is 18.4 Å². The van der Waals surface area contributed by atoms with Crippen LogP contribution in [0.1, 0.15) is 37.8 Å². The summed E-state index contributed by atoms with van der Waals surface area (Å²) in [6.45, 7) is 9.40. The summed E-state index contributed by atoms with van der Waals surface area (Å²) in [6.07, 6.45) is 32.4. The van der Waals surface area contributed by atoms with E-state index < -0.39 is 0 Å². The van der Waals surface area contributed by atoms with Crippen molar-refractivity contribution in [2.24, 2.45) is 5.92 Å². The first-order chi connectivity index (χ1) is 16.6. The Morgan fingerprint density at radius 3 is 2.44 bits per heavy atom. The molecule has 0 aromatic heterocycles. The Balaban J connectivity index is 1.36. The Morgan fingerprint density at radius 1 is 0.912 bits per heavy atom. The highest BCUT2D eigenvalue weighted by atomic mass is 14.3. The first-order valence-corrected chi connectivity index (χ1v) is 12.6. The maximum absolute atomic E-state index is 4.38. The van der Waals surface area contributed by atoms with Crippen molar-refractivity contribution in [3.63, 3.8) is 0 Å². The van der Waals surface area contributed by atoms with Crippen LogP contribution in [0.4, 0.5) is 0 Å². The van der Waals surface area contributed by atoms with E-state index in [1.807, 2.05) is 0 Å². The third-order valence-electron chi connectivity index (χ3n) is 7.86. The summed E-state index contributed by atoms with van der Waals surface area (Å²) in [5.41, 5.74) is 10.8. The molecule has 168 valence electrons. The number of fused-ring (bicyclic) bond motifs is 1. The Labute approximate surface area is 205 Å². The van der Waals surface area contributed by atoms with Gasteiger partial charge >= 0.3 is 0 Å². The number of hydrogen-bond donors (Lipinski definition) is 0. The third kappa shape index (κ3) is 4.40. The van der Waals surface area contributed by atoms with Crippen LogP contribution in [0.15, 0.2) is 132 Å². The normalized spacial score (nSPS) is 28.1. The van der Waals surface area contributed by atoms with Gasteiger partial charge in [-0.05, 0) is 71.5 Å². The van der Waals surface area contributed by atoms with Crippen LogP contribution in [-0.4, -0.2) is 6.71 Å². The topological polar surface area (TPSA) is 0 Å². The molecule has 0 N–H and O–H groups in total. The first kappa shape index (κ1) is 22.5. The zero-order valence-electron chi connectivity index (χ0n) is 20.4. The van der Waals surface area contributed by atoms with Crippen molar-refractivity contribution in [2.75, 3.05) is 0 Å². The Morgan fingerprint density at radius 2 is 1.68 bits per heavy atom. The van der Waals surface area contributed by atoms with Gasteiger partial charge in [0.25, 0.3) is 0 Å². The lowest BCUT2D eigenvalue weighted by Crippen LogP contribution is -2.24. The minimum Gasteiger partial charge on any atom is -0.0920 e. The summed E-state index contributed by atoms with van der Waals surface area (Å²) >= 11 is 0. The lowest BCUT2D eigenvalue weighted by atomic mass is 9.31. The van der Waals surface area contributed by atoms with Gasteiger partial charge in [0, 0.05) is 5.92 Å². The van der Waals surface area contributed by atoms with Gasteiger partial charge in [0.1, 0.15) is 0 Å². The molecule has 1 heterocycles. The number of hydrogen-bond acceptors (Lipinski definition) is 0. The minimum absolute atomic E-state index is 0.508. The molecule has 0 nitrogen and oxygen atoms in total. The van der Waals surface area contributed by atoms with E-state index in [9.17, 15) is 0 Å². The molecule has 3 aliphatic carbocycles. The predicted octanol–water partition coefficient (Wildman–Crippen LogP) is 8.91. The quantitative estimate of drug-likeness (QED) is 0.244. The van der Waals surface area contributed by atoms with Crippen molar-refractivity contribution in [3.8, 4) is 0 Å². The zero-order valence-corrected chi connectivity index (χ0v) is 20.4. The van der Waals surface area contributed by atoms with E-state index in [4.69, 9.17) is 0 Å². The molecule has 2 atom stereocenters. The zero-order chi connectivity index (χ0) is 23.5. The average Bonchev–Trinajstić information content (AvgIpc) is 3.38. The second-order valence-corrected chi connectivity index (χ2v) is 9.78. The van der Waals surface area contributed by atoms with E-state index in [2.05, 4.69) is 124 Å². The average molecular weight is 440 g/mol. The van der Waals surface area contributed by atoms with Crippen molar-refractivity contribution in [1.29, 1.82) is 0 Å². The second kappa shape index (κ2) is 9.89. The molecule has 1 aliphatic heterocycles. The molecule has 0 amide bonds. The molecule has 0 radical (unpaired) electrons. The summed E-state index contributed by atoms with van der Waals surface area (Å²) in [7, 11) is 0. The number of allylic oxidation sites excluding steroid dienone is 18. The van der Waals surface area contributed by atoms with Gasteiger partial charge in [-0.25, -0.2) is 0 Å². The largest absolute Gasteiger partial charge is 0.187 e. The van der Waals surface area contributed by atoms with Crippen LogP contribution in [0.2, 0.25) is 12.1 Å². The minimum atomic E-state index is 0.508. The Bertz CT molecular complexity index is 1250. The van der Waals surface area contributed by atoms with Crippen LogP contribution in [0.5, 0.6) is 0 Å². The van der Waals surface area contributed by atoms with E-state index in [0.717, 1.165) is 18.3 Å². The monoisotopic (exact) mass is 440 g/mol. The van der Waals surface area contributed by atoms with Crippen LogP contribution in [0.25, 0.3) is 11.0 Å². The van der Waals surface area contributed by atoms with Crippen molar-refractivity contribution in [2.45, 2.75) is 38.8 Å². The molecular formula is C33H33B. The third-order valence-corrected chi connectivity index (χ3v) is 7.86. The van der Waals surface area contributed by atoms with E-state index >= 15 is 0 Å². The SMILES string of the molecule is C=C(/C=C\C1=C(C)C(C)=C2C=CCC21)c1ccc(/C2=C/C=C\C=C/C=C/CB2C2C=CC2)cc1. The fourth-order valence-corrected chi connectivity index (χ4v) is 5.57. The van der Waals surface area contributed by atoms with E-state index in [1.165, 1.54) is 45.3 Å². The van der Waals surface area contributed by atoms with Crippen LogP contribution in [-0.2, 0) is 0 Å². The molecular weight excluding hydrogens is 407 g/mol. The van der Waals surface area contributed by atoms with Gasteiger partial charge in [-0.15, -0.1) is 0 Å². The lowest BCUT2D eigenvalue weighted by Gasteiger charge is -2.27. The maximum Gasteiger partial charge on any atom is 0.187 e. The summed E-state index contributed by atoms with van der Waals surface area (Å²) in [5, 5.41) is 0. The van der Waals surface area contributed by atoms with Crippen molar-refractivity contribution < 1.29 is 0 Å². The standard InChI is InChI=1S/C33H33B/c1-24(17-22-31-26(3)25(2)30-14-11-15-32(30)31)27-18-20-28(21-19-27)33-16-8-6-4-5-7-9-23-34(33)29-12-10-13-29/h4-12,14,16-22,29,32H,1,13,15,23H2,2-3H3/b5-4-,8-6-,9-7+,22-17-,33-16-. The van der Waals surface area contributed by atoms with Gasteiger partial charge in [0.2, 0.25) is 0 Å². The van der Waals surface area contributed by atoms with E-state index in [1.54, 1.807) is 0 Å². The second-order valence-electron chi connectivity index (χ2n) is 9.78. The molecule has 1 heteroatoms. The highest BCUT2D eigenvalue weighted by Crippen LogP contribution is 2.44. The molecule has 0 bridgehead atoms. The summed E-state index contributed by atoms with van der Waals surface area (Å²) in [6, 6.07) is 9.02. The van der Waals surface area contributed by atoms with Gasteiger partial charge in [0.15, 0.2) is 6.71 Å². The highest BCUT2D eigenvalue weighted by Gasteiger charge is 2.30. The van der Waals surface area contributed by atoms with Crippen LogP contribution >= 0.6 is 0 Å². The van der Waals surface area contributed by atoms with Gasteiger partial charge < -0.3 is 0 Å². The van der Waals surface area contributed by atoms with E-state index in [-0.39, 0.29) is 0 Å². The van der Waals surface area contributed by atoms with Crippen molar-refractivity contribution in [3.05, 3.63) is 143 Å². The highest BCUT2D eigenvalue weighted by molar-refractivity contribution is 6.81. The van der Waals surface area contributed by atoms with Gasteiger partial charge in [-0.2, -0.15) is 0 Å². The summed E-state index contributed by atoms with van der Waals surface area (Å²) < 4.78 is 0. The van der Waals surface area contributed by atoms with Gasteiger partial charge in [0.05, 0.1) is 0 Å². The van der Waals surface area contributed by atoms with Gasteiger partial charge in [-0.1, -0.05) is 122 Å². The van der Waals surface area contributed by atoms with Crippen LogP contribution in [0.3, 0.4) is 0 Å². The number of rotatable bonds is 5.